The highest BCUT2D eigenvalue weighted by Crippen LogP contribution is 2.44. The maximum atomic E-state index is 13.0. The molecule has 2 aromatic rings. The normalized spacial score (nSPS) is 22.9. The Morgan fingerprint density at radius 2 is 2.00 bits per heavy atom. The van der Waals surface area contributed by atoms with Crippen LogP contribution < -0.4 is 0 Å². The first-order valence-corrected chi connectivity index (χ1v) is 8.95. The van der Waals surface area contributed by atoms with E-state index < -0.39 is 0 Å². The van der Waals surface area contributed by atoms with Crippen LogP contribution in [0.3, 0.4) is 0 Å². The molecule has 126 valence electrons. The lowest BCUT2D eigenvalue weighted by Crippen LogP contribution is -2.49. The van der Waals surface area contributed by atoms with E-state index in [-0.39, 0.29) is 5.91 Å². The highest BCUT2D eigenvalue weighted by atomic mass is 16.2. The van der Waals surface area contributed by atoms with Gasteiger partial charge in [0.2, 0.25) is 0 Å². The van der Waals surface area contributed by atoms with Crippen LogP contribution in [0.25, 0.3) is 0 Å². The van der Waals surface area contributed by atoms with Crippen LogP contribution in [0.5, 0.6) is 0 Å². The molecule has 0 unspecified atom stereocenters. The van der Waals surface area contributed by atoms with E-state index in [1.54, 1.807) is 10.9 Å². The van der Waals surface area contributed by atoms with E-state index in [4.69, 9.17) is 0 Å². The second kappa shape index (κ2) is 6.04. The van der Waals surface area contributed by atoms with Crippen LogP contribution in [0.1, 0.15) is 60.1 Å². The SMILES string of the molecule is CCn1nncc1C(=O)N(C1CC1)C1CC(c2ccccc2C)C1. The van der Waals surface area contributed by atoms with Crippen molar-refractivity contribution >= 4 is 5.91 Å². The molecule has 0 saturated heterocycles. The van der Waals surface area contributed by atoms with Crippen LogP contribution in [-0.2, 0) is 6.54 Å². The number of aromatic nitrogens is 3. The van der Waals surface area contributed by atoms with Gasteiger partial charge in [-0.1, -0.05) is 29.5 Å². The highest BCUT2D eigenvalue weighted by molar-refractivity contribution is 5.93. The summed E-state index contributed by atoms with van der Waals surface area (Å²) in [5.41, 5.74) is 3.43. The molecule has 5 nitrogen and oxygen atoms in total. The van der Waals surface area contributed by atoms with Gasteiger partial charge in [-0.25, -0.2) is 4.68 Å². The van der Waals surface area contributed by atoms with Crippen LogP contribution in [0, 0.1) is 6.92 Å². The predicted octanol–water partition coefficient (Wildman–Crippen LogP) is 3.16. The van der Waals surface area contributed by atoms with Crippen molar-refractivity contribution in [3.05, 3.63) is 47.3 Å². The second-order valence-corrected chi connectivity index (χ2v) is 7.06. The minimum atomic E-state index is 0.109. The van der Waals surface area contributed by atoms with E-state index >= 15 is 0 Å². The van der Waals surface area contributed by atoms with Crippen molar-refractivity contribution in [2.45, 2.75) is 64.1 Å². The van der Waals surface area contributed by atoms with Gasteiger partial charge in [-0.05, 0) is 56.6 Å². The molecule has 1 aromatic carbocycles. The Labute approximate surface area is 142 Å². The van der Waals surface area contributed by atoms with Gasteiger partial charge in [0, 0.05) is 18.6 Å². The van der Waals surface area contributed by atoms with E-state index in [1.807, 2.05) is 6.92 Å². The largest absolute Gasteiger partial charge is 0.331 e. The minimum absolute atomic E-state index is 0.109. The summed E-state index contributed by atoms with van der Waals surface area (Å²) >= 11 is 0. The van der Waals surface area contributed by atoms with Gasteiger partial charge >= 0.3 is 0 Å². The maximum Gasteiger partial charge on any atom is 0.274 e. The van der Waals surface area contributed by atoms with E-state index in [0.29, 0.717) is 30.2 Å². The fourth-order valence-electron chi connectivity index (χ4n) is 3.89. The van der Waals surface area contributed by atoms with E-state index in [2.05, 4.69) is 46.4 Å². The predicted molar refractivity (Wildman–Crippen MR) is 91.8 cm³/mol. The Morgan fingerprint density at radius 1 is 1.25 bits per heavy atom. The average Bonchev–Trinajstić information content (AvgIpc) is 3.26. The molecule has 0 N–H and O–H groups in total. The van der Waals surface area contributed by atoms with Crippen LogP contribution in [0.15, 0.2) is 30.5 Å². The van der Waals surface area contributed by atoms with Crippen LogP contribution in [0.4, 0.5) is 0 Å². The van der Waals surface area contributed by atoms with Gasteiger partial charge in [-0.2, -0.15) is 0 Å². The minimum Gasteiger partial charge on any atom is -0.331 e. The summed E-state index contributed by atoms with van der Waals surface area (Å²) in [6, 6.07) is 9.39. The van der Waals surface area contributed by atoms with Crippen molar-refractivity contribution in [1.82, 2.24) is 19.9 Å². The summed E-state index contributed by atoms with van der Waals surface area (Å²) in [6.07, 6.45) is 6.01. The molecule has 24 heavy (non-hydrogen) atoms. The Morgan fingerprint density at radius 3 is 2.67 bits per heavy atom. The molecule has 5 heteroatoms. The molecule has 2 fully saturated rings. The molecule has 2 aliphatic carbocycles. The van der Waals surface area contributed by atoms with Gasteiger partial charge in [-0.15, -0.1) is 5.10 Å². The number of carbonyl (C=O) groups is 1. The van der Waals surface area contributed by atoms with Crippen LogP contribution in [0.2, 0.25) is 0 Å². The van der Waals surface area contributed by atoms with Crippen molar-refractivity contribution < 1.29 is 4.79 Å². The smallest absolute Gasteiger partial charge is 0.274 e. The zero-order valence-electron chi connectivity index (χ0n) is 14.4. The van der Waals surface area contributed by atoms with Gasteiger partial charge in [-0.3, -0.25) is 4.79 Å². The number of rotatable bonds is 5. The molecular weight excluding hydrogens is 300 g/mol. The summed E-state index contributed by atoms with van der Waals surface area (Å²) in [6.45, 7) is 4.85. The molecule has 2 aliphatic rings. The fourth-order valence-corrected chi connectivity index (χ4v) is 3.89. The molecule has 0 bridgehead atoms. The number of aryl methyl sites for hydroxylation is 2. The van der Waals surface area contributed by atoms with E-state index in [0.717, 1.165) is 25.7 Å². The summed E-state index contributed by atoms with van der Waals surface area (Å²) in [7, 11) is 0. The molecule has 0 radical (unpaired) electrons. The molecular formula is C19H24N4O. The number of hydrogen-bond acceptors (Lipinski definition) is 3. The first kappa shape index (κ1) is 15.4. The third-order valence-corrected chi connectivity index (χ3v) is 5.45. The molecule has 4 rings (SSSR count). The van der Waals surface area contributed by atoms with Crippen molar-refractivity contribution in [3.8, 4) is 0 Å². The second-order valence-electron chi connectivity index (χ2n) is 7.06. The van der Waals surface area contributed by atoms with Crippen molar-refractivity contribution in [3.63, 3.8) is 0 Å². The van der Waals surface area contributed by atoms with Crippen LogP contribution in [-0.4, -0.2) is 37.9 Å². The Balaban J connectivity index is 1.50. The molecule has 0 atom stereocenters. The zero-order valence-corrected chi connectivity index (χ0v) is 14.4. The van der Waals surface area contributed by atoms with E-state index in [9.17, 15) is 4.79 Å². The average molecular weight is 324 g/mol. The number of hydrogen-bond donors (Lipinski definition) is 0. The monoisotopic (exact) mass is 324 g/mol. The zero-order chi connectivity index (χ0) is 16.7. The van der Waals surface area contributed by atoms with Gasteiger partial charge in [0.25, 0.3) is 5.91 Å². The molecule has 1 aromatic heterocycles. The van der Waals surface area contributed by atoms with E-state index in [1.165, 1.54) is 11.1 Å². The third kappa shape index (κ3) is 2.62. The summed E-state index contributed by atoms with van der Waals surface area (Å²) in [4.78, 5) is 15.2. The standard InChI is InChI=1S/C19H24N4O/c1-3-22-18(12-20-21-22)19(24)23(15-8-9-15)16-10-14(11-16)17-7-5-4-6-13(17)2/h4-7,12,14-16H,3,8-11H2,1-2H3. The quantitative estimate of drug-likeness (QED) is 0.849. The molecule has 1 heterocycles. The number of carbonyl (C=O) groups excluding carboxylic acids is 1. The molecule has 1 amide bonds. The summed E-state index contributed by atoms with van der Waals surface area (Å²) in [5.74, 6) is 0.692. The highest BCUT2D eigenvalue weighted by Gasteiger charge is 2.44. The summed E-state index contributed by atoms with van der Waals surface area (Å²) in [5, 5.41) is 7.93. The molecule has 0 spiro atoms. The number of amides is 1. The van der Waals surface area contributed by atoms with Crippen LogP contribution >= 0.6 is 0 Å². The number of nitrogens with zero attached hydrogens (tertiary/aromatic N) is 4. The van der Waals surface area contributed by atoms with Crippen molar-refractivity contribution in [2.75, 3.05) is 0 Å². The topological polar surface area (TPSA) is 51.0 Å². The Hall–Kier alpha value is -2.17. The lowest BCUT2D eigenvalue weighted by Gasteiger charge is -2.44. The maximum absolute atomic E-state index is 13.0. The lowest BCUT2D eigenvalue weighted by molar-refractivity contribution is 0.0504. The Bertz CT molecular complexity index is 743. The lowest BCUT2D eigenvalue weighted by atomic mass is 9.73. The number of benzene rings is 1. The first-order valence-electron chi connectivity index (χ1n) is 8.95. The fraction of sp³-hybridized carbons (Fsp3) is 0.526. The van der Waals surface area contributed by atoms with Gasteiger partial charge in [0.05, 0.1) is 6.20 Å². The van der Waals surface area contributed by atoms with Gasteiger partial charge in [0.15, 0.2) is 0 Å². The third-order valence-electron chi connectivity index (χ3n) is 5.45. The van der Waals surface area contributed by atoms with Crippen molar-refractivity contribution in [1.29, 1.82) is 0 Å². The molecule has 0 aliphatic heterocycles. The van der Waals surface area contributed by atoms with Gasteiger partial charge in [0.1, 0.15) is 5.69 Å². The molecule has 2 saturated carbocycles. The van der Waals surface area contributed by atoms with Crippen molar-refractivity contribution in [2.24, 2.45) is 0 Å². The first-order chi connectivity index (χ1) is 11.7. The summed E-state index contributed by atoms with van der Waals surface area (Å²) < 4.78 is 1.70. The Kier molecular flexibility index (Phi) is 3.87. The van der Waals surface area contributed by atoms with Gasteiger partial charge < -0.3 is 4.90 Å².